The van der Waals surface area contributed by atoms with Gasteiger partial charge in [-0.3, -0.25) is 10.4 Å². The minimum atomic E-state index is -0.206. The standard InChI is InChI=1S/C16H18N4O2/c1-21-13-7-3-11(4-8-13)15-18-19-16(20(15)17)12-5-9-14(22-2)10-6-12/h3-10,15,18H,17H2,1-2H3. The smallest absolute Gasteiger partial charge is 0.172 e. The van der Waals surface area contributed by atoms with Crippen molar-refractivity contribution in [1.29, 1.82) is 0 Å². The highest BCUT2D eigenvalue weighted by Gasteiger charge is 2.27. The molecule has 0 radical (unpaired) electrons. The molecule has 0 amide bonds. The van der Waals surface area contributed by atoms with Crippen LogP contribution in [-0.4, -0.2) is 25.1 Å². The molecule has 1 aliphatic rings. The van der Waals surface area contributed by atoms with E-state index in [1.807, 2.05) is 48.5 Å². The summed E-state index contributed by atoms with van der Waals surface area (Å²) in [6.45, 7) is 0. The summed E-state index contributed by atoms with van der Waals surface area (Å²) in [5.74, 6) is 8.49. The van der Waals surface area contributed by atoms with Gasteiger partial charge in [0.15, 0.2) is 12.0 Å². The third kappa shape index (κ3) is 2.56. The van der Waals surface area contributed by atoms with Gasteiger partial charge in [0.05, 0.1) is 14.2 Å². The van der Waals surface area contributed by atoms with Crippen LogP contribution in [0.2, 0.25) is 0 Å². The molecule has 0 bridgehead atoms. The Hall–Kier alpha value is -2.73. The zero-order valence-corrected chi connectivity index (χ0v) is 12.5. The number of amidine groups is 1. The Morgan fingerprint density at radius 3 is 2.05 bits per heavy atom. The van der Waals surface area contributed by atoms with Gasteiger partial charge < -0.3 is 9.47 Å². The van der Waals surface area contributed by atoms with E-state index >= 15 is 0 Å². The lowest BCUT2D eigenvalue weighted by Crippen LogP contribution is -2.39. The Balaban J connectivity index is 1.79. The van der Waals surface area contributed by atoms with Crippen molar-refractivity contribution in [3.8, 4) is 11.5 Å². The molecule has 3 N–H and O–H groups in total. The van der Waals surface area contributed by atoms with Crippen LogP contribution < -0.4 is 20.7 Å². The van der Waals surface area contributed by atoms with Crippen molar-refractivity contribution in [2.45, 2.75) is 6.17 Å². The Bertz CT molecular complexity index is 668. The monoisotopic (exact) mass is 298 g/mol. The second-order valence-electron chi connectivity index (χ2n) is 4.88. The zero-order chi connectivity index (χ0) is 15.5. The first-order chi connectivity index (χ1) is 10.7. The maximum atomic E-state index is 6.21. The molecule has 0 spiro atoms. The Labute approximate surface area is 129 Å². The molecule has 6 nitrogen and oxygen atoms in total. The summed E-state index contributed by atoms with van der Waals surface area (Å²) in [7, 11) is 3.28. The van der Waals surface area contributed by atoms with Gasteiger partial charge in [-0.05, 0) is 42.0 Å². The number of hydrogen-bond donors (Lipinski definition) is 2. The van der Waals surface area contributed by atoms with Crippen LogP contribution in [0.5, 0.6) is 11.5 Å². The molecule has 0 saturated carbocycles. The molecule has 114 valence electrons. The molecule has 0 fully saturated rings. The number of nitrogens with two attached hydrogens (primary N) is 1. The Kier molecular flexibility index (Phi) is 3.84. The quantitative estimate of drug-likeness (QED) is 0.843. The van der Waals surface area contributed by atoms with Crippen LogP contribution in [0, 0.1) is 0 Å². The van der Waals surface area contributed by atoms with E-state index in [-0.39, 0.29) is 6.17 Å². The van der Waals surface area contributed by atoms with E-state index in [1.54, 1.807) is 19.2 Å². The van der Waals surface area contributed by atoms with Crippen molar-refractivity contribution in [3.05, 3.63) is 59.7 Å². The van der Waals surface area contributed by atoms with E-state index in [9.17, 15) is 0 Å². The summed E-state index contributed by atoms with van der Waals surface area (Å²) in [6.07, 6.45) is -0.206. The van der Waals surface area contributed by atoms with Gasteiger partial charge in [0.2, 0.25) is 0 Å². The van der Waals surface area contributed by atoms with Gasteiger partial charge in [-0.15, -0.1) is 0 Å². The fourth-order valence-electron chi connectivity index (χ4n) is 2.34. The molecule has 1 heterocycles. The summed E-state index contributed by atoms with van der Waals surface area (Å²) in [5.41, 5.74) is 4.99. The van der Waals surface area contributed by atoms with Crippen LogP contribution in [0.3, 0.4) is 0 Å². The maximum Gasteiger partial charge on any atom is 0.172 e. The van der Waals surface area contributed by atoms with Gasteiger partial charge in [-0.2, -0.15) is 5.10 Å². The van der Waals surface area contributed by atoms with Crippen LogP contribution in [0.1, 0.15) is 17.3 Å². The van der Waals surface area contributed by atoms with Crippen molar-refractivity contribution in [1.82, 2.24) is 10.4 Å². The van der Waals surface area contributed by atoms with E-state index in [1.165, 1.54) is 0 Å². The largest absolute Gasteiger partial charge is 0.497 e. The normalized spacial score (nSPS) is 17.0. The number of rotatable bonds is 4. The summed E-state index contributed by atoms with van der Waals surface area (Å²) in [6, 6.07) is 15.3. The zero-order valence-electron chi connectivity index (χ0n) is 12.5. The topological polar surface area (TPSA) is 72.1 Å². The summed E-state index contributed by atoms with van der Waals surface area (Å²) in [4.78, 5) is 0. The van der Waals surface area contributed by atoms with Crippen molar-refractivity contribution >= 4 is 5.84 Å². The second-order valence-corrected chi connectivity index (χ2v) is 4.88. The van der Waals surface area contributed by atoms with E-state index in [0.717, 1.165) is 22.6 Å². The number of methoxy groups -OCH3 is 2. The van der Waals surface area contributed by atoms with Crippen molar-refractivity contribution < 1.29 is 9.47 Å². The molecule has 2 aromatic carbocycles. The average Bonchev–Trinajstić information content (AvgIpc) is 2.96. The Morgan fingerprint density at radius 1 is 0.955 bits per heavy atom. The summed E-state index contributed by atoms with van der Waals surface area (Å²) in [5, 5.41) is 5.95. The number of nitrogens with zero attached hydrogens (tertiary/aromatic N) is 2. The number of hydrogen-bond acceptors (Lipinski definition) is 6. The molecule has 1 atom stereocenters. The number of nitrogens with one attached hydrogen (secondary N) is 1. The minimum absolute atomic E-state index is 0.206. The summed E-state index contributed by atoms with van der Waals surface area (Å²) < 4.78 is 10.3. The SMILES string of the molecule is COc1ccc(C2=NNC(c3ccc(OC)cc3)N2N)cc1. The van der Waals surface area contributed by atoms with Gasteiger partial charge in [0, 0.05) is 5.56 Å². The molecule has 1 aliphatic heterocycles. The molecule has 22 heavy (non-hydrogen) atoms. The van der Waals surface area contributed by atoms with E-state index < -0.39 is 0 Å². The Morgan fingerprint density at radius 2 is 1.50 bits per heavy atom. The highest BCUT2D eigenvalue weighted by molar-refractivity contribution is 5.99. The molecule has 1 unspecified atom stereocenters. The fourth-order valence-corrected chi connectivity index (χ4v) is 2.34. The molecule has 3 rings (SSSR count). The predicted octanol–water partition coefficient (Wildman–Crippen LogP) is 1.84. The third-order valence-electron chi connectivity index (χ3n) is 3.60. The average molecular weight is 298 g/mol. The van der Waals surface area contributed by atoms with Gasteiger partial charge in [0.1, 0.15) is 11.5 Å². The molecule has 0 aromatic heterocycles. The molecule has 0 aliphatic carbocycles. The molecular weight excluding hydrogens is 280 g/mol. The maximum absolute atomic E-state index is 6.21. The molecule has 0 saturated heterocycles. The van der Waals surface area contributed by atoms with Crippen molar-refractivity contribution in [2.75, 3.05) is 14.2 Å². The van der Waals surface area contributed by atoms with Gasteiger partial charge in [0.25, 0.3) is 0 Å². The lowest BCUT2D eigenvalue weighted by Gasteiger charge is -2.22. The van der Waals surface area contributed by atoms with Crippen molar-refractivity contribution in [2.24, 2.45) is 10.9 Å². The predicted molar refractivity (Wildman–Crippen MR) is 84.4 cm³/mol. The molecular formula is C16H18N4O2. The molecule has 6 heteroatoms. The van der Waals surface area contributed by atoms with E-state index in [0.29, 0.717) is 5.84 Å². The lowest BCUT2D eigenvalue weighted by atomic mass is 10.1. The van der Waals surface area contributed by atoms with Crippen LogP contribution >= 0.6 is 0 Å². The molecule has 2 aromatic rings. The minimum Gasteiger partial charge on any atom is -0.497 e. The number of benzene rings is 2. The van der Waals surface area contributed by atoms with E-state index in [4.69, 9.17) is 15.3 Å². The first-order valence-corrected chi connectivity index (χ1v) is 6.88. The fraction of sp³-hybridized carbons (Fsp3) is 0.188. The first-order valence-electron chi connectivity index (χ1n) is 6.88. The van der Waals surface area contributed by atoms with Gasteiger partial charge in [-0.1, -0.05) is 12.1 Å². The lowest BCUT2D eigenvalue weighted by molar-refractivity contribution is 0.316. The van der Waals surface area contributed by atoms with Crippen LogP contribution in [-0.2, 0) is 0 Å². The third-order valence-corrected chi connectivity index (χ3v) is 3.60. The highest BCUT2D eigenvalue weighted by atomic mass is 16.5. The van der Waals surface area contributed by atoms with E-state index in [2.05, 4.69) is 10.5 Å². The number of ether oxygens (including phenoxy) is 2. The van der Waals surface area contributed by atoms with Gasteiger partial charge >= 0.3 is 0 Å². The second kappa shape index (κ2) is 5.95. The number of hydrazone groups is 1. The highest BCUT2D eigenvalue weighted by Crippen LogP contribution is 2.24. The van der Waals surface area contributed by atoms with Gasteiger partial charge in [-0.25, -0.2) is 5.84 Å². The number of hydrazine groups is 1. The first kappa shape index (κ1) is 14.2. The van der Waals surface area contributed by atoms with Crippen LogP contribution in [0.25, 0.3) is 0 Å². The summed E-state index contributed by atoms with van der Waals surface area (Å²) >= 11 is 0. The van der Waals surface area contributed by atoms with Crippen molar-refractivity contribution in [3.63, 3.8) is 0 Å². The van der Waals surface area contributed by atoms with Crippen LogP contribution in [0.15, 0.2) is 53.6 Å². The van der Waals surface area contributed by atoms with Crippen LogP contribution in [0.4, 0.5) is 0 Å².